The molecule has 0 atom stereocenters. The summed E-state index contributed by atoms with van der Waals surface area (Å²) in [7, 11) is 0. The number of primary amides is 1. The average molecular weight is 1000 g/mol. The third kappa shape index (κ3) is 15.3. The third-order valence-electron chi connectivity index (χ3n) is 14.3. The van der Waals surface area contributed by atoms with Crippen molar-refractivity contribution in [2.24, 2.45) is 17.6 Å². The van der Waals surface area contributed by atoms with Crippen molar-refractivity contribution in [3.05, 3.63) is 106 Å². The molecule has 0 saturated carbocycles. The molecule has 8 rings (SSSR count). The van der Waals surface area contributed by atoms with E-state index in [1.165, 1.54) is 11.1 Å². The summed E-state index contributed by atoms with van der Waals surface area (Å²) in [6, 6.07) is 19.1. The van der Waals surface area contributed by atoms with Crippen molar-refractivity contribution >= 4 is 29.7 Å². The molecule has 6 heterocycles. The number of nitriles is 1. The molecule has 17 heteroatoms. The minimum atomic E-state index is -0.582. The predicted octanol–water partition coefficient (Wildman–Crippen LogP) is 7.75. The zero-order chi connectivity index (χ0) is 52.3. The summed E-state index contributed by atoms with van der Waals surface area (Å²) in [5.74, 6) is 2.45. The summed E-state index contributed by atoms with van der Waals surface area (Å²) < 4.78 is 11.0. The Morgan fingerprint density at radius 1 is 0.603 bits per heavy atom. The normalized spacial score (nSPS) is 17.6. The van der Waals surface area contributed by atoms with E-state index < -0.39 is 17.1 Å². The first-order valence-corrected chi connectivity index (χ1v) is 26.2. The maximum atomic E-state index is 12.4. The van der Waals surface area contributed by atoms with E-state index in [9.17, 15) is 29.9 Å². The Bertz CT molecular complexity index is 2510. The van der Waals surface area contributed by atoms with Gasteiger partial charge in [0, 0.05) is 78.4 Å². The van der Waals surface area contributed by atoms with Crippen LogP contribution < -0.4 is 15.5 Å². The number of amides is 3. The zero-order valence-electron chi connectivity index (χ0n) is 43.8. The number of rotatable bonds is 11. The molecule has 4 fully saturated rings. The van der Waals surface area contributed by atoms with Crippen LogP contribution in [0.15, 0.2) is 60.9 Å². The number of nitrogens with zero attached hydrogens (tertiary/aromatic N) is 9. The van der Waals surface area contributed by atoms with E-state index in [0.29, 0.717) is 79.8 Å². The smallest absolute Gasteiger partial charge is 0.410 e. The molecule has 2 aromatic carbocycles. The van der Waals surface area contributed by atoms with E-state index in [4.69, 9.17) is 25.2 Å². The van der Waals surface area contributed by atoms with E-state index in [0.717, 1.165) is 100 Å². The topological polar surface area (TPSA) is 224 Å². The van der Waals surface area contributed by atoms with E-state index in [1.54, 1.807) is 22.2 Å². The summed E-state index contributed by atoms with van der Waals surface area (Å²) in [5.41, 5.74) is 11.1. The van der Waals surface area contributed by atoms with E-state index in [-0.39, 0.29) is 31.1 Å². The molecule has 392 valence electrons. The molecule has 4 aromatic rings. The fourth-order valence-electron chi connectivity index (χ4n) is 10.0. The van der Waals surface area contributed by atoms with Gasteiger partial charge < -0.3 is 45.0 Å². The van der Waals surface area contributed by atoms with Gasteiger partial charge >= 0.3 is 12.2 Å². The molecule has 4 aliphatic heterocycles. The van der Waals surface area contributed by atoms with Crippen LogP contribution in [0.4, 0.5) is 21.2 Å². The van der Waals surface area contributed by atoms with Crippen molar-refractivity contribution in [1.82, 2.24) is 29.7 Å². The van der Waals surface area contributed by atoms with Gasteiger partial charge in [-0.05, 0) is 139 Å². The van der Waals surface area contributed by atoms with Crippen LogP contribution in [0.25, 0.3) is 0 Å². The van der Waals surface area contributed by atoms with Crippen molar-refractivity contribution in [3.8, 4) is 6.07 Å². The highest BCUT2D eigenvalue weighted by Crippen LogP contribution is 2.32. The monoisotopic (exact) mass is 1000 g/mol. The van der Waals surface area contributed by atoms with Crippen LogP contribution >= 0.6 is 0 Å². The quantitative estimate of drug-likeness (QED) is 0.131. The number of carbonyl (C=O) groups excluding carboxylic acids is 3. The number of nitrogens with two attached hydrogens (primary N) is 1. The summed E-state index contributed by atoms with van der Waals surface area (Å²) >= 11 is 0. The Kier molecular flexibility index (Phi) is 18.3. The number of aliphatic hydroxyl groups excluding tert-OH is 2. The largest absolute Gasteiger partial charge is 0.444 e. The molecular weight excluding hydrogens is 925 g/mol. The van der Waals surface area contributed by atoms with Crippen LogP contribution in [0.2, 0.25) is 0 Å². The van der Waals surface area contributed by atoms with Gasteiger partial charge in [-0.1, -0.05) is 48.5 Å². The van der Waals surface area contributed by atoms with Crippen LogP contribution in [0.5, 0.6) is 0 Å². The lowest BCUT2D eigenvalue weighted by atomic mass is 9.89. The van der Waals surface area contributed by atoms with E-state index in [2.05, 4.69) is 74.4 Å². The van der Waals surface area contributed by atoms with Crippen molar-refractivity contribution < 1.29 is 34.1 Å². The standard InChI is InChI=1S/C28H39N5O4.C28H37N5O3/c1-28(2,3)37-27(36)33-14-10-22(11-15-33)21-6-4-19(5-7-21)16-23-25(26(29)35)30-17-24(31-23)32-12-8-20(18-34)9-13-32;1-28(2,3)36-27(35)33-14-10-23(11-15-33)22-6-4-20(5-7-22)16-24-25(17-29)30-18-26(31-24)32-12-8-21(19-34)9-13-32/h4-7,17,20,22,34H,8-16,18H2,1-3H3,(H2,29,35);4-7,18,21,23,34H,8-16,19H2,1-3H3. The van der Waals surface area contributed by atoms with Gasteiger partial charge in [0.1, 0.15) is 34.6 Å². The number of benzene rings is 2. The fraction of sp³-hybridized carbons (Fsp3) is 0.571. The first-order chi connectivity index (χ1) is 34.9. The molecule has 0 bridgehead atoms. The van der Waals surface area contributed by atoms with Gasteiger partial charge in [0.05, 0.1) is 23.8 Å². The Morgan fingerprint density at radius 3 is 1.36 bits per heavy atom. The highest BCUT2D eigenvalue weighted by molar-refractivity contribution is 5.92. The number of likely N-dealkylation sites (tertiary alicyclic amines) is 2. The lowest BCUT2D eigenvalue weighted by Crippen LogP contribution is -2.41. The summed E-state index contributed by atoms with van der Waals surface area (Å²) in [4.78, 5) is 63.0. The van der Waals surface area contributed by atoms with Crippen molar-refractivity contribution in [1.29, 1.82) is 5.26 Å². The Labute approximate surface area is 431 Å². The van der Waals surface area contributed by atoms with Gasteiger partial charge in [-0.3, -0.25) is 4.79 Å². The predicted molar refractivity (Wildman–Crippen MR) is 279 cm³/mol. The van der Waals surface area contributed by atoms with Gasteiger partial charge in [0.2, 0.25) is 0 Å². The number of hydrogen-bond donors (Lipinski definition) is 3. The summed E-state index contributed by atoms with van der Waals surface area (Å²) in [6.45, 7) is 17.8. The fourth-order valence-corrected chi connectivity index (χ4v) is 10.0. The molecule has 0 aliphatic carbocycles. The van der Waals surface area contributed by atoms with Crippen molar-refractivity contribution in [2.45, 2.75) is 129 Å². The number of ether oxygens (including phenoxy) is 2. The minimum absolute atomic E-state index is 0.201. The molecule has 0 spiro atoms. The average Bonchev–Trinajstić information content (AvgIpc) is 3.38. The van der Waals surface area contributed by atoms with Gasteiger partial charge in [-0.2, -0.15) is 5.26 Å². The maximum Gasteiger partial charge on any atom is 0.410 e. The van der Waals surface area contributed by atoms with Crippen LogP contribution in [0, 0.1) is 23.2 Å². The second-order valence-corrected chi connectivity index (χ2v) is 22.1. The summed E-state index contributed by atoms with van der Waals surface area (Å²) in [5, 5.41) is 28.4. The molecule has 4 saturated heterocycles. The number of aromatic nitrogens is 4. The molecular formula is C56H76N10O7. The third-order valence-corrected chi connectivity index (χ3v) is 14.3. The Morgan fingerprint density at radius 2 is 0.986 bits per heavy atom. The highest BCUT2D eigenvalue weighted by atomic mass is 16.6. The zero-order valence-corrected chi connectivity index (χ0v) is 43.8. The minimum Gasteiger partial charge on any atom is -0.444 e. The number of anilines is 2. The van der Waals surface area contributed by atoms with Gasteiger partial charge in [-0.15, -0.1) is 0 Å². The van der Waals surface area contributed by atoms with Crippen LogP contribution in [-0.2, 0) is 22.3 Å². The first kappa shape index (κ1) is 54.4. The van der Waals surface area contributed by atoms with Crippen LogP contribution in [0.3, 0.4) is 0 Å². The molecule has 3 amide bonds. The number of hydrogen-bond acceptors (Lipinski definition) is 14. The molecule has 73 heavy (non-hydrogen) atoms. The molecule has 4 aliphatic rings. The van der Waals surface area contributed by atoms with Crippen LogP contribution in [-0.4, -0.2) is 135 Å². The number of piperidine rings is 4. The molecule has 2 aromatic heterocycles. The molecule has 0 radical (unpaired) electrons. The Balaban J connectivity index is 0.000000214. The number of carbonyl (C=O) groups is 3. The molecule has 0 unspecified atom stereocenters. The van der Waals surface area contributed by atoms with E-state index >= 15 is 0 Å². The maximum absolute atomic E-state index is 12.4. The summed E-state index contributed by atoms with van der Waals surface area (Å²) in [6.07, 6.45) is 11.1. The van der Waals surface area contributed by atoms with Crippen molar-refractivity contribution in [2.75, 3.05) is 75.4 Å². The SMILES string of the molecule is CC(C)(C)OC(=O)N1CCC(c2ccc(Cc3nc(N4CCC(CO)CC4)cnc3C#N)cc2)CC1.CC(C)(C)OC(=O)N1CCC(c2ccc(Cc3nc(N4CCC(CO)CC4)cnc3C(N)=O)cc2)CC1. The lowest BCUT2D eigenvalue weighted by molar-refractivity contribution is 0.0194. The Hall–Kier alpha value is -6.38. The molecule has 17 nitrogen and oxygen atoms in total. The first-order valence-electron chi connectivity index (χ1n) is 26.2. The second-order valence-electron chi connectivity index (χ2n) is 22.1. The van der Waals surface area contributed by atoms with Gasteiger partial charge in [0.15, 0.2) is 5.69 Å². The van der Waals surface area contributed by atoms with E-state index in [1.807, 2.05) is 41.5 Å². The van der Waals surface area contributed by atoms with Gasteiger partial charge in [0.25, 0.3) is 5.91 Å². The lowest BCUT2D eigenvalue weighted by Gasteiger charge is -2.33. The van der Waals surface area contributed by atoms with Crippen molar-refractivity contribution in [3.63, 3.8) is 0 Å². The van der Waals surface area contributed by atoms with Crippen LogP contribution in [0.1, 0.15) is 155 Å². The second kappa shape index (κ2) is 24.6. The van der Waals surface area contributed by atoms with Gasteiger partial charge in [-0.25, -0.2) is 29.5 Å². The molecule has 4 N–H and O–H groups in total. The highest BCUT2D eigenvalue weighted by Gasteiger charge is 2.30. The number of aliphatic hydroxyl groups is 2.